The summed E-state index contributed by atoms with van der Waals surface area (Å²) in [6.07, 6.45) is 4.42. The molecule has 4 aliphatic heterocycles. The van der Waals surface area contributed by atoms with Gasteiger partial charge in [-0.15, -0.1) is 0 Å². The number of amides is 2. The fourth-order valence-corrected chi connectivity index (χ4v) is 6.72. The quantitative estimate of drug-likeness (QED) is 0.664. The zero-order valence-electron chi connectivity index (χ0n) is 18.2. The van der Waals surface area contributed by atoms with Crippen molar-refractivity contribution in [1.29, 1.82) is 0 Å². The molecule has 1 aromatic rings. The third kappa shape index (κ3) is 3.78. The zero-order valence-corrected chi connectivity index (χ0v) is 19.1. The van der Waals surface area contributed by atoms with Crippen molar-refractivity contribution >= 4 is 33.2 Å². The van der Waals surface area contributed by atoms with Gasteiger partial charge in [0.2, 0.25) is 21.8 Å². The monoisotopic (exact) mass is 462 g/mol. The number of carbonyl (C=O) groups is 2. The Morgan fingerprint density at radius 3 is 2.44 bits per heavy atom. The lowest BCUT2D eigenvalue weighted by molar-refractivity contribution is -0.135. The maximum Gasteiger partial charge on any atom is 0.250 e. The van der Waals surface area contributed by atoms with Crippen LogP contribution >= 0.6 is 0 Å². The van der Waals surface area contributed by atoms with Gasteiger partial charge in [-0.3, -0.25) is 14.5 Å². The molecule has 3 fully saturated rings. The molecule has 32 heavy (non-hydrogen) atoms. The van der Waals surface area contributed by atoms with E-state index in [9.17, 15) is 18.0 Å². The highest BCUT2D eigenvalue weighted by Crippen LogP contribution is 2.41. The molecule has 0 N–H and O–H groups in total. The first-order valence-corrected chi connectivity index (χ1v) is 13.0. The Hall–Kier alpha value is -2.17. The lowest BCUT2D eigenvalue weighted by atomic mass is 9.96. The van der Waals surface area contributed by atoms with Crippen LogP contribution in [0.3, 0.4) is 0 Å². The molecular weight excluding hydrogens is 432 g/mol. The fourth-order valence-electron chi connectivity index (χ4n) is 5.19. The highest BCUT2D eigenvalue weighted by atomic mass is 32.2. The maximum absolute atomic E-state index is 13.5. The number of hydrogen-bond acceptors (Lipinski definition) is 6. The van der Waals surface area contributed by atoms with E-state index in [0.29, 0.717) is 45.1 Å². The Balaban J connectivity index is 1.51. The molecule has 174 valence electrons. The Morgan fingerprint density at radius 2 is 1.69 bits per heavy atom. The minimum atomic E-state index is -3.63. The normalized spacial score (nSPS) is 24.4. The van der Waals surface area contributed by atoms with Crippen molar-refractivity contribution in [3.05, 3.63) is 18.2 Å². The van der Waals surface area contributed by atoms with E-state index in [1.165, 1.54) is 9.21 Å². The Morgan fingerprint density at radius 1 is 0.969 bits per heavy atom. The van der Waals surface area contributed by atoms with Crippen molar-refractivity contribution in [3.8, 4) is 0 Å². The van der Waals surface area contributed by atoms with E-state index in [-0.39, 0.29) is 29.3 Å². The van der Waals surface area contributed by atoms with Crippen LogP contribution in [-0.4, -0.2) is 88.0 Å². The minimum Gasteiger partial charge on any atom is -0.378 e. The van der Waals surface area contributed by atoms with Gasteiger partial charge >= 0.3 is 0 Å². The molecule has 9 nitrogen and oxygen atoms in total. The molecule has 0 aliphatic carbocycles. The van der Waals surface area contributed by atoms with E-state index in [4.69, 9.17) is 4.74 Å². The van der Waals surface area contributed by atoms with Crippen molar-refractivity contribution in [1.82, 2.24) is 9.21 Å². The number of sulfonamides is 1. The first-order valence-electron chi connectivity index (χ1n) is 11.5. The van der Waals surface area contributed by atoms with Gasteiger partial charge in [-0.05, 0) is 50.3 Å². The number of rotatable bonds is 4. The summed E-state index contributed by atoms with van der Waals surface area (Å²) < 4.78 is 33.2. The van der Waals surface area contributed by atoms with E-state index >= 15 is 0 Å². The number of hydrogen-bond donors (Lipinski definition) is 0. The molecule has 10 heteroatoms. The van der Waals surface area contributed by atoms with Gasteiger partial charge in [-0.2, -0.15) is 4.31 Å². The molecule has 0 aromatic heterocycles. The predicted octanol–water partition coefficient (Wildman–Crippen LogP) is 1.04. The average Bonchev–Trinajstić information content (AvgIpc) is 3.38. The van der Waals surface area contributed by atoms with Crippen LogP contribution < -0.4 is 9.80 Å². The number of nitrogens with zero attached hydrogens (tertiary/aromatic N) is 4. The largest absolute Gasteiger partial charge is 0.378 e. The molecular formula is C22H30N4O5S. The van der Waals surface area contributed by atoms with E-state index in [2.05, 4.69) is 4.90 Å². The summed E-state index contributed by atoms with van der Waals surface area (Å²) in [5, 5.41) is 0. The second-order valence-electron chi connectivity index (χ2n) is 8.88. The SMILES string of the molecule is O=C(CN1C(=O)[C@H]2CCCCN2c2ccc(S(=O)(=O)N3CCCC3)cc21)N1CCOCC1. The van der Waals surface area contributed by atoms with Crippen LogP contribution in [0.4, 0.5) is 11.4 Å². The molecule has 4 aliphatic rings. The number of carbonyl (C=O) groups excluding carboxylic acids is 2. The number of ether oxygens (including phenoxy) is 1. The molecule has 2 amide bonds. The topological polar surface area (TPSA) is 90.5 Å². The lowest BCUT2D eigenvalue weighted by Gasteiger charge is -2.45. The fraction of sp³-hybridized carbons (Fsp3) is 0.636. The summed E-state index contributed by atoms with van der Waals surface area (Å²) in [7, 11) is -3.63. The van der Waals surface area contributed by atoms with Crippen molar-refractivity contribution < 1.29 is 22.7 Å². The van der Waals surface area contributed by atoms with E-state index in [1.54, 1.807) is 17.0 Å². The van der Waals surface area contributed by atoms with Gasteiger partial charge in [0.05, 0.1) is 29.5 Å². The summed E-state index contributed by atoms with van der Waals surface area (Å²) in [4.78, 5) is 32.0. The number of morpholine rings is 1. The number of piperidine rings is 1. The molecule has 4 heterocycles. The average molecular weight is 463 g/mol. The first kappa shape index (κ1) is 21.7. The van der Waals surface area contributed by atoms with E-state index in [1.807, 2.05) is 6.07 Å². The zero-order chi connectivity index (χ0) is 22.3. The molecule has 3 saturated heterocycles. The van der Waals surface area contributed by atoms with Crippen LogP contribution in [0, 0.1) is 0 Å². The lowest BCUT2D eigenvalue weighted by Crippen LogP contribution is -2.57. The molecule has 1 aromatic carbocycles. The van der Waals surface area contributed by atoms with Crippen LogP contribution in [0.25, 0.3) is 0 Å². The molecule has 1 atom stereocenters. The Labute approximate surface area is 188 Å². The summed E-state index contributed by atoms with van der Waals surface area (Å²) in [5.41, 5.74) is 1.36. The predicted molar refractivity (Wildman–Crippen MR) is 119 cm³/mol. The van der Waals surface area contributed by atoms with E-state index < -0.39 is 10.0 Å². The van der Waals surface area contributed by atoms with Crippen LogP contribution in [0.2, 0.25) is 0 Å². The molecule has 0 radical (unpaired) electrons. The van der Waals surface area contributed by atoms with Gasteiger partial charge in [0.1, 0.15) is 12.6 Å². The molecule has 0 bridgehead atoms. The third-order valence-corrected chi connectivity index (χ3v) is 8.86. The summed E-state index contributed by atoms with van der Waals surface area (Å²) in [5.74, 6) is -0.251. The van der Waals surface area contributed by atoms with Gasteiger partial charge in [0, 0.05) is 32.7 Å². The molecule has 0 unspecified atom stereocenters. The summed E-state index contributed by atoms with van der Waals surface area (Å²) >= 11 is 0. The number of benzene rings is 1. The maximum atomic E-state index is 13.5. The van der Waals surface area contributed by atoms with Crippen LogP contribution in [0.15, 0.2) is 23.1 Å². The smallest absolute Gasteiger partial charge is 0.250 e. The number of fused-ring (bicyclic) bond motifs is 3. The Bertz CT molecular complexity index is 1000. The third-order valence-electron chi connectivity index (χ3n) is 6.96. The molecule has 0 saturated carbocycles. The second-order valence-corrected chi connectivity index (χ2v) is 10.8. The molecule has 5 rings (SSSR count). The number of anilines is 2. The standard InChI is InChI=1S/C22H30N4O5S/c27-21(23-11-13-31-14-12-23)16-26-20-15-17(32(29,30)24-8-3-4-9-24)6-7-18(20)25-10-2-1-5-19(25)22(26)28/h6-7,15,19H,1-5,8-14,16H2/t19-/m1/s1. The highest BCUT2D eigenvalue weighted by molar-refractivity contribution is 7.89. The highest BCUT2D eigenvalue weighted by Gasteiger charge is 2.41. The summed E-state index contributed by atoms with van der Waals surface area (Å²) in [6.45, 7) is 3.71. The van der Waals surface area contributed by atoms with E-state index in [0.717, 1.165) is 44.3 Å². The molecule has 0 spiro atoms. The van der Waals surface area contributed by atoms with Crippen molar-refractivity contribution in [2.75, 3.05) is 62.3 Å². The van der Waals surface area contributed by atoms with Gasteiger partial charge in [0.15, 0.2) is 0 Å². The van der Waals surface area contributed by atoms with Crippen LogP contribution in [0.5, 0.6) is 0 Å². The van der Waals surface area contributed by atoms with Gasteiger partial charge < -0.3 is 14.5 Å². The van der Waals surface area contributed by atoms with Gasteiger partial charge in [0.25, 0.3) is 0 Å². The summed E-state index contributed by atoms with van der Waals surface area (Å²) in [6, 6.07) is 4.76. The minimum absolute atomic E-state index is 0.0800. The van der Waals surface area contributed by atoms with Crippen molar-refractivity contribution in [2.24, 2.45) is 0 Å². The van der Waals surface area contributed by atoms with Crippen molar-refractivity contribution in [3.63, 3.8) is 0 Å². The second kappa shape index (κ2) is 8.64. The van der Waals surface area contributed by atoms with Crippen LogP contribution in [-0.2, 0) is 24.3 Å². The van der Waals surface area contributed by atoms with Gasteiger partial charge in [-0.25, -0.2) is 8.42 Å². The first-order chi connectivity index (χ1) is 15.5. The Kier molecular flexibility index (Phi) is 5.85. The van der Waals surface area contributed by atoms with Gasteiger partial charge in [-0.1, -0.05) is 0 Å². The van der Waals surface area contributed by atoms with Crippen molar-refractivity contribution in [2.45, 2.75) is 43.0 Å². The van der Waals surface area contributed by atoms with Crippen LogP contribution in [0.1, 0.15) is 32.1 Å².